The second-order valence-electron chi connectivity index (χ2n) is 20.9. The van der Waals surface area contributed by atoms with Crippen molar-refractivity contribution < 1.29 is 4.42 Å². The third-order valence-corrected chi connectivity index (χ3v) is 17.6. The second kappa shape index (κ2) is 17.7. The van der Waals surface area contributed by atoms with E-state index in [1.165, 1.54) is 0 Å². The molecule has 11 nitrogen and oxygen atoms in total. The molecule has 0 saturated carbocycles. The number of nitrogens with zero attached hydrogens (tertiary/aromatic N) is 10. The van der Waals surface area contributed by atoms with Crippen LogP contribution in [0.4, 0.5) is 0 Å². The predicted molar refractivity (Wildman–Crippen MR) is 334 cm³/mol. The van der Waals surface area contributed by atoms with Crippen molar-refractivity contribution in [2.24, 2.45) is 0 Å². The number of aromatic nitrogens is 6. The minimum absolute atomic E-state index is 0.329. The Kier molecular flexibility index (Phi) is 9.88. The molecule has 12 heteroatoms. The molecule has 11 aromatic carbocycles. The summed E-state index contributed by atoms with van der Waals surface area (Å²) in [5.74, 6) is 0.329. The van der Waals surface area contributed by atoms with E-state index in [2.05, 4.69) is 103 Å². The molecule has 0 saturated heterocycles. The Morgan fingerprint density at radius 3 is 1.07 bits per heavy atom. The number of para-hydroxylation sites is 7. The molecule has 6 heterocycles. The van der Waals surface area contributed by atoms with Crippen LogP contribution in [0, 0.1) is 45.3 Å². The molecule has 17 aromatic rings. The van der Waals surface area contributed by atoms with Gasteiger partial charge in [-0.15, -0.1) is 11.3 Å². The summed E-state index contributed by atoms with van der Waals surface area (Å²) in [5, 5.41) is 50.3. The zero-order valence-corrected chi connectivity index (χ0v) is 44.9. The fourth-order valence-corrected chi connectivity index (χ4v) is 14.1. The molecule has 0 unspecified atom stereocenters. The van der Waals surface area contributed by atoms with Gasteiger partial charge in [0.15, 0.2) is 5.58 Å². The Labute approximate surface area is 480 Å². The highest BCUT2D eigenvalue weighted by Gasteiger charge is 2.38. The summed E-state index contributed by atoms with van der Waals surface area (Å²) in [6.07, 6.45) is 0. The molecule has 6 aromatic heterocycles. The van der Waals surface area contributed by atoms with Crippen LogP contribution in [0.3, 0.4) is 0 Å². The summed E-state index contributed by atoms with van der Waals surface area (Å²) < 4.78 is 17.6. The Hall–Kier alpha value is -12.1. The van der Waals surface area contributed by atoms with Gasteiger partial charge in [-0.1, -0.05) is 97.1 Å². The zero-order chi connectivity index (χ0) is 55.9. The molecular formula is C72H36N10OS. The lowest BCUT2D eigenvalue weighted by molar-refractivity contribution is 0.619. The molecule has 0 spiro atoms. The standard InChI is InChI=1S/C72H36N10OS/c73-37-41-25-29-59-49(33-41)45-13-1-7-19-55(45)79(59)67-65(71-77-53-17-5-11-23-63(53)83-71)66(72-78-54-18-6-12-24-64(54)84-72)68(80-56-20-8-2-14-46(56)50-34-42(38-74)26-30-60(50)80)70(82-58-22-10-4-16-48(58)52-36-44(40-76)28-32-62(52)82)69(67)81-57-21-9-3-15-47(57)51-35-43(39-75)27-31-61(51)81/h1-36H. The first-order valence-corrected chi connectivity index (χ1v) is 28.0. The van der Waals surface area contributed by atoms with Gasteiger partial charge in [-0.05, 0) is 121 Å². The Bertz CT molecular complexity index is 5520. The van der Waals surface area contributed by atoms with Crippen LogP contribution in [-0.2, 0) is 0 Å². The quantitative estimate of drug-likeness (QED) is 0.161. The highest BCUT2D eigenvalue weighted by atomic mass is 32.1. The second-order valence-corrected chi connectivity index (χ2v) is 21.9. The summed E-state index contributed by atoms with van der Waals surface area (Å²) in [6.45, 7) is 0. The summed E-state index contributed by atoms with van der Waals surface area (Å²) >= 11 is 1.58. The number of oxazole rings is 1. The lowest BCUT2D eigenvalue weighted by Gasteiger charge is -2.29. The van der Waals surface area contributed by atoms with Gasteiger partial charge in [0.25, 0.3) is 0 Å². The third kappa shape index (κ3) is 6.51. The minimum atomic E-state index is 0.329. The fourth-order valence-electron chi connectivity index (χ4n) is 13.1. The predicted octanol–water partition coefficient (Wildman–Crippen LogP) is 17.6. The summed E-state index contributed by atoms with van der Waals surface area (Å²) in [4.78, 5) is 11.3. The summed E-state index contributed by atoms with van der Waals surface area (Å²) in [6, 6.07) is 82.6. The number of hydrogen-bond acceptors (Lipinski definition) is 8. The molecule has 84 heavy (non-hydrogen) atoms. The van der Waals surface area contributed by atoms with Crippen molar-refractivity contribution in [2.45, 2.75) is 0 Å². The van der Waals surface area contributed by atoms with Gasteiger partial charge in [0.1, 0.15) is 10.5 Å². The van der Waals surface area contributed by atoms with Crippen molar-refractivity contribution in [3.63, 3.8) is 0 Å². The van der Waals surface area contributed by atoms with Crippen molar-refractivity contribution in [2.75, 3.05) is 0 Å². The molecule has 0 fully saturated rings. The highest BCUT2D eigenvalue weighted by Crippen LogP contribution is 2.55. The average Bonchev–Trinajstić information content (AvgIpc) is 1.75. The molecule has 0 aliphatic heterocycles. The molecule has 386 valence electrons. The molecular weight excluding hydrogens is 1050 g/mol. The Balaban J connectivity index is 1.27. The van der Waals surface area contributed by atoms with Crippen LogP contribution in [0.25, 0.3) is 153 Å². The van der Waals surface area contributed by atoms with E-state index in [0.717, 1.165) is 109 Å². The SMILES string of the molecule is N#Cc1ccc2c(c1)c1ccccc1n2-c1c(-c2nc3ccccc3o2)c(-c2nc3ccccc3s2)c(-n2c3ccccc3c3cc(C#N)ccc32)c(-n2c3ccccc3c3cc(C#N)ccc32)c1-n1c2ccccc2c2cc(C#N)ccc21. The van der Waals surface area contributed by atoms with Gasteiger partial charge in [0, 0.05) is 43.1 Å². The van der Waals surface area contributed by atoms with E-state index in [9.17, 15) is 21.0 Å². The van der Waals surface area contributed by atoms with E-state index < -0.39 is 0 Å². The number of fused-ring (bicyclic) bond motifs is 14. The zero-order valence-electron chi connectivity index (χ0n) is 44.1. The highest BCUT2D eigenvalue weighted by molar-refractivity contribution is 7.21. The number of thiazole rings is 1. The van der Waals surface area contributed by atoms with Gasteiger partial charge in [0.05, 0.1) is 135 Å². The van der Waals surface area contributed by atoms with Crippen LogP contribution in [0.5, 0.6) is 0 Å². The molecule has 0 aliphatic rings. The van der Waals surface area contributed by atoms with Gasteiger partial charge in [-0.3, -0.25) is 0 Å². The minimum Gasteiger partial charge on any atom is -0.436 e. The molecule has 0 amide bonds. The number of hydrogen-bond donors (Lipinski definition) is 0. The third-order valence-electron chi connectivity index (χ3n) is 16.5. The van der Waals surface area contributed by atoms with E-state index in [4.69, 9.17) is 14.4 Å². The maximum atomic E-state index is 10.6. The maximum absolute atomic E-state index is 10.6. The van der Waals surface area contributed by atoms with Crippen LogP contribution in [0.2, 0.25) is 0 Å². The van der Waals surface area contributed by atoms with Crippen LogP contribution < -0.4 is 0 Å². The number of nitriles is 4. The molecule has 0 N–H and O–H groups in total. The normalized spacial score (nSPS) is 11.8. The van der Waals surface area contributed by atoms with Crippen LogP contribution >= 0.6 is 11.3 Å². The lowest BCUT2D eigenvalue weighted by atomic mass is 9.96. The van der Waals surface area contributed by atoms with E-state index in [1.54, 1.807) is 11.3 Å². The van der Waals surface area contributed by atoms with Gasteiger partial charge < -0.3 is 22.7 Å². The smallest absolute Gasteiger partial charge is 0.230 e. The van der Waals surface area contributed by atoms with Crippen LogP contribution in [0.15, 0.2) is 223 Å². The maximum Gasteiger partial charge on any atom is 0.230 e. The number of rotatable bonds is 6. The molecule has 17 rings (SSSR count). The van der Waals surface area contributed by atoms with Gasteiger partial charge in [-0.2, -0.15) is 21.0 Å². The molecule has 0 atom stereocenters. The van der Waals surface area contributed by atoms with Crippen LogP contribution in [0.1, 0.15) is 22.3 Å². The fraction of sp³-hybridized carbons (Fsp3) is 0. The molecule has 0 bridgehead atoms. The summed E-state index contributed by atoms with van der Waals surface area (Å²) in [7, 11) is 0. The van der Waals surface area contributed by atoms with Gasteiger partial charge >= 0.3 is 0 Å². The lowest BCUT2D eigenvalue weighted by Crippen LogP contribution is -2.16. The van der Waals surface area contributed by atoms with Crippen LogP contribution in [-0.4, -0.2) is 28.2 Å². The topological polar surface area (TPSA) is 154 Å². The summed E-state index contributed by atoms with van der Waals surface area (Å²) in [5.41, 5.74) is 15.0. The molecule has 0 aliphatic carbocycles. The monoisotopic (exact) mass is 1090 g/mol. The van der Waals surface area contributed by atoms with Gasteiger partial charge in [0.2, 0.25) is 5.89 Å². The Morgan fingerprint density at radius 1 is 0.321 bits per heavy atom. The van der Waals surface area contributed by atoms with Crippen molar-refractivity contribution in [3.05, 3.63) is 241 Å². The first-order valence-electron chi connectivity index (χ1n) is 27.2. The largest absolute Gasteiger partial charge is 0.436 e. The van der Waals surface area contributed by atoms with E-state index in [1.807, 2.05) is 158 Å². The van der Waals surface area contributed by atoms with E-state index >= 15 is 0 Å². The van der Waals surface area contributed by atoms with Crippen molar-refractivity contribution in [1.29, 1.82) is 21.0 Å². The average molecular weight is 1090 g/mol. The first kappa shape index (κ1) is 46.8. The van der Waals surface area contributed by atoms with E-state index in [-0.39, 0.29) is 0 Å². The van der Waals surface area contributed by atoms with E-state index in [0.29, 0.717) is 66.8 Å². The first-order chi connectivity index (χ1) is 41.5. The van der Waals surface area contributed by atoms with Crippen molar-refractivity contribution in [3.8, 4) is 69.1 Å². The Morgan fingerprint density at radius 2 is 0.667 bits per heavy atom. The number of benzene rings is 11. The van der Waals surface area contributed by atoms with Gasteiger partial charge in [-0.25, -0.2) is 9.97 Å². The van der Waals surface area contributed by atoms with Crippen molar-refractivity contribution in [1.82, 2.24) is 28.2 Å². The van der Waals surface area contributed by atoms with Crippen molar-refractivity contribution >= 4 is 120 Å². The molecule has 0 radical (unpaired) electrons.